The first-order valence-electron chi connectivity index (χ1n) is 8.90. The molecule has 0 spiro atoms. The quantitative estimate of drug-likeness (QED) is 0.551. The number of hydrogen-bond acceptors (Lipinski definition) is 4. The van der Waals surface area contributed by atoms with Crippen LogP contribution in [-0.2, 0) is 7.05 Å². The fourth-order valence-electron chi connectivity index (χ4n) is 2.80. The van der Waals surface area contributed by atoms with Crippen LogP contribution in [0.2, 0.25) is 0 Å². The Labute approximate surface area is 166 Å². The summed E-state index contributed by atoms with van der Waals surface area (Å²) in [4.78, 5) is 28.9. The Morgan fingerprint density at radius 2 is 1.69 bits per heavy atom. The Kier molecular flexibility index (Phi) is 4.90. The minimum atomic E-state index is -0.365. The Bertz CT molecular complexity index is 1130. The number of imidazole rings is 1. The number of carbonyl (C=O) groups excluding carboxylic acids is 2. The van der Waals surface area contributed by atoms with Gasteiger partial charge < -0.3 is 15.2 Å². The fourth-order valence-corrected chi connectivity index (χ4v) is 2.80. The lowest BCUT2D eigenvalue weighted by atomic mass is 10.2. The number of carbonyl (C=O) groups is 2. The molecule has 8 heteroatoms. The van der Waals surface area contributed by atoms with E-state index in [4.69, 9.17) is 0 Å². The molecule has 0 radical (unpaired) electrons. The first kappa shape index (κ1) is 18.2. The van der Waals surface area contributed by atoms with Gasteiger partial charge in [0.1, 0.15) is 5.82 Å². The van der Waals surface area contributed by atoms with Crippen molar-refractivity contribution < 1.29 is 9.59 Å². The van der Waals surface area contributed by atoms with Crippen molar-refractivity contribution in [1.82, 2.24) is 19.3 Å². The van der Waals surface area contributed by atoms with Gasteiger partial charge in [0.2, 0.25) is 0 Å². The van der Waals surface area contributed by atoms with Gasteiger partial charge in [0.05, 0.1) is 6.33 Å². The van der Waals surface area contributed by atoms with Crippen molar-refractivity contribution in [2.45, 2.75) is 0 Å². The van der Waals surface area contributed by atoms with E-state index in [2.05, 4.69) is 20.7 Å². The molecule has 2 heterocycles. The maximum Gasteiger partial charge on any atom is 0.276 e. The fraction of sp³-hybridized carbons (Fsp3) is 0.0476. The highest BCUT2D eigenvalue weighted by molar-refractivity contribution is 6.06. The van der Waals surface area contributed by atoms with Crippen molar-refractivity contribution in [2.75, 3.05) is 10.6 Å². The number of rotatable bonds is 5. The SMILES string of the molecule is Cn1nc(C(=O)Nc2ccc(-n3ccnc3)cc2)cc1NC(=O)c1ccccc1. The second-order valence-corrected chi connectivity index (χ2v) is 6.33. The molecule has 0 aliphatic rings. The van der Waals surface area contributed by atoms with Gasteiger partial charge in [-0.1, -0.05) is 18.2 Å². The van der Waals surface area contributed by atoms with Crippen molar-refractivity contribution in [3.05, 3.63) is 90.6 Å². The van der Waals surface area contributed by atoms with E-state index in [0.717, 1.165) is 5.69 Å². The topological polar surface area (TPSA) is 93.8 Å². The van der Waals surface area contributed by atoms with Gasteiger partial charge in [-0.3, -0.25) is 14.3 Å². The molecular weight excluding hydrogens is 368 g/mol. The zero-order chi connectivity index (χ0) is 20.2. The molecule has 4 rings (SSSR count). The van der Waals surface area contributed by atoms with Gasteiger partial charge in [-0.2, -0.15) is 5.10 Å². The van der Waals surface area contributed by atoms with Gasteiger partial charge in [0.25, 0.3) is 11.8 Å². The van der Waals surface area contributed by atoms with Crippen molar-refractivity contribution in [2.24, 2.45) is 7.05 Å². The number of aryl methyl sites for hydroxylation is 1. The summed E-state index contributed by atoms with van der Waals surface area (Å²) in [6.07, 6.45) is 5.24. The number of amides is 2. The monoisotopic (exact) mass is 386 g/mol. The van der Waals surface area contributed by atoms with E-state index in [1.54, 1.807) is 56.0 Å². The van der Waals surface area contributed by atoms with E-state index in [-0.39, 0.29) is 17.5 Å². The van der Waals surface area contributed by atoms with Crippen molar-refractivity contribution in [3.63, 3.8) is 0 Å². The maximum absolute atomic E-state index is 12.5. The molecule has 2 N–H and O–H groups in total. The lowest BCUT2D eigenvalue weighted by Crippen LogP contribution is -2.14. The third-order valence-corrected chi connectivity index (χ3v) is 4.32. The molecule has 29 heavy (non-hydrogen) atoms. The Hall–Kier alpha value is -4.20. The molecule has 0 atom stereocenters. The summed E-state index contributed by atoms with van der Waals surface area (Å²) in [5.74, 6) is -0.203. The molecule has 2 aromatic heterocycles. The van der Waals surface area contributed by atoms with Crippen LogP contribution in [0.25, 0.3) is 5.69 Å². The molecule has 8 nitrogen and oxygen atoms in total. The molecule has 0 saturated heterocycles. The zero-order valence-electron chi connectivity index (χ0n) is 15.6. The van der Waals surface area contributed by atoms with Crippen LogP contribution in [0.4, 0.5) is 11.5 Å². The summed E-state index contributed by atoms with van der Waals surface area (Å²) < 4.78 is 3.32. The maximum atomic E-state index is 12.5. The number of nitrogens with zero attached hydrogens (tertiary/aromatic N) is 4. The van der Waals surface area contributed by atoms with Crippen LogP contribution in [0.5, 0.6) is 0 Å². The predicted octanol–water partition coefficient (Wildman–Crippen LogP) is 3.11. The number of hydrogen-bond donors (Lipinski definition) is 2. The average molecular weight is 386 g/mol. The molecule has 0 aliphatic carbocycles. The van der Waals surface area contributed by atoms with Crippen LogP contribution < -0.4 is 10.6 Å². The van der Waals surface area contributed by atoms with E-state index in [1.165, 1.54) is 10.7 Å². The number of nitrogens with one attached hydrogen (secondary N) is 2. The first-order chi connectivity index (χ1) is 14.1. The molecule has 2 amide bonds. The third kappa shape index (κ3) is 4.06. The second-order valence-electron chi connectivity index (χ2n) is 6.33. The molecule has 4 aromatic rings. The van der Waals surface area contributed by atoms with Crippen molar-refractivity contribution in [1.29, 1.82) is 0 Å². The molecule has 2 aromatic carbocycles. The van der Waals surface area contributed by atoms with Crippen LogP contribution in [0, 0.1) is 0 Å². The number of aromatic nitrogens is 4. The van der Waals surface area contributed by atoms with Crippen LogP contribution in [0.15, 0.2) is 79.4 Å². The van der Waals surface area contributed by atoms with Gasteiger partial charge in [0.15, 0.2) is 5.69 Å². The summed E-state index contributed by atoms with van der Waals surface area (Å²) >= 11 is 0. The van der Waals surface area contributed by atoms with E-state index in [0.29, 0.717) is 17.1 Å². The second kappa shape index (κ2) is 7.81. The molecule has 0 bridgehead atoms. The number of anilines is 2. The van der Waals surface area contributed by atoms with E-state index >= 15 is 0 Å². The molecule has 0 saturated carbocycles. The van der Waals surface area contributed by atoms with Crippen LogP contribution >= 0.6 is 0 Å². The zero-order valence-corrected chi connectivity index (χ0v) is 15.6. The van der Waals surface area contributed by atoms with Crippen LogP contribution in [0.3, 0.4) is 0 Å². The van der Waals surface area contributed by atoms with E-state index in [1.807, 2.05) is 29.0 Å². The molecule has 0 fully saturated rings. The lowest BCUT2D eigenvalue weighted by Gasteiger charge is -2.05. The van der Waals surface area contributed by atoms with Crippen LogP contribution in [0.1, 0.15) is 20.8 Å². The smallest absolute Gasteiger partial charge is 0.276 e. The Morgan fingerprint density at radius 3 is 2.38 bits per heavy atom. The minimum Gasteiger partial charge on any atom is -0.321 e. The van der Waals surface area contributed by atoms with E-state index in [9.17, 15) is 9.59 Å². The van der Waals surface area contributed by atoms with Gasteiger partial charge >= 0.3 is 0 Å². The van der Waals surface area contributed by atoms with Crippen LogP contribution in [-0.4, -0.2) is 31.1 Å². The molecule has 0 unspecified atom stereocenters. The normalized spacial score (nSPS) is 10.5. The summed E-state index contributed by atoms with van der Waals surface area (Å²) in [6.45, 7) is 0. The third-order valence-electron chi connectivity index (χ3n) is 4.32. The minimum absolute atomic E-state index is 0.203. The average Bonchev–Trinajstić information content (AvgIpc) is 3.40. The van der Waals surface area contributed by atoms with E-state index < -0.39 is 0 Å². The van der Waals surface area contributed by atoms with Gasteiger partial charge in [-0.15, -0.1) is 0 Å². The summed E-state index contributed by atoms with van der Waals surface area (Å²) in [5, 5.41) is 9.75. The predicted molar refractivity (Wildman–Crippen MR) is 109 cm³/mol. The Balaban J connectivity index is 1.44. The van der Waals surface area contributed by atoms with Gasteiger partial charge in [-0.25, -0.2) is 4.98 Å². The Morgan fingerprint density at radius 1 is 0.931 bits per heavy atom. The van der Waals surface area contributed by atoms with Crippen molar-refractivity contribution >= 4 is 23.3 Å². The highest BCUT2D eigenvalue weighted by atomic mass is 16.2. The lowest BCUT2D eigenvalue weighted by molar-refractivity contribution is 0.101. The highest BCUT2D eigenvalue weighted by Crippen LogP contribution is 2.16. The molecule has 144 valence electrons. The van der Waals surface area contributed by atoms with Gasteiger partial charge in [-0.05, 0) is 36.4 Å². The summed E-state index contributed by atoms with van der Waals surface area (Å²) in [5.41, 5.74) is 2.30. The van der Waals surface area contributed by atoms with Gasteiger partial charge in [0, 0.05) is 42.4 Å². The highest BCUT2D eigenvalue weighted by Gasteiger charge is 2.15. The first-order valence-corrected chi connectivity index (χ1v) is 8.90. The summed E-state index contributed by atoms with van der Waals surface area (Å²) in [6, 6.07) is 17.7. The molecular formula is C21H18N6O2. The summed E-state index contributed by atoms with van der Waals surface area (Å²) in [7, 11) is 1.66. The number of benzene rings is 2. The standard InChI is InChI=1S/C21H18N6O2/c1-26-19(24-20(28)15-5-3-2-4-6-15)13-18(25-26)21(29)23-16-7-9-17(10-8-16)27-12-11-22-14-27/h2-14H,1H3,(H,23,29)(H,24,28). The largest absolute Gasteiger partial charge is 0.321 e. The van der Waals surface area contributed by atoms with Crippen molar-refractivity contribution in [3.8, 4) is 5.69 Å². The molecule has 0 aliphatic heterocycles.